The minimum atomic E-state index is -1.09. The summed E-state index contributed by atoms with van der Waals surface area (Å²) in [5.74, 6) is -0.119. The first-order valence-electron chi connectivity index (χ1n) is 6.39. The van der Waals surface area contributed by atoms with E-state index in [0.717, 1.165) is 5.39 Å². The Labute approximate surface area is 119 Å². The molecule has 1 aromatic carbocycles. The van der Waals surface area contributed by atoms with Crippen molar-refractivity contribution in [2.24, 2.45) is 0 Å². The lowest BCUT2D eigenvalue weighted by atomic mass is 10.1. The fourth-order valence-electron chi connectivity index (χ4n) is 2.15. The van der Waals surface area contributed by atoms with Crippen molar-refractivity contribution in [2.75, 3.05) is 0 Å². The van der Waals surface area contributed by atoms with Crippen LogP contribution < -0.4 is 5.32 Å². The van der Waals surface area contributed by atoms with Gasteiger partial charge < -0.3 is 19.4 Å². The molecule has 21 heavy (non-hydrogen) atoms. The molecule has 0 aliphatic rings. The number of aryl methyl sites for hydroxylation is 1. The number of carboxylic acid groups (broad SMARTS) is 1. The third-order valence-electron chi connectivity index (χ3n) is 3.04. The molecule has 0 saturated carbocycles. The molecule has 0 spiro atoms. The maximum atomic E-state index is 11.3. The summed E-state index contributed by atoms with van der Waals surface area (Å²) in [7, 11) is 0. The van der Waals surface area contributed by atoms with Gasteiger partial charge in [-0.05, 0) is 13.0 Å². The Morgan fingerprint density at radius 2 is 2.14 bits per heavy atom. The molecule has 0 unspecified atom stereocenters. The van der Waals surface area contributed by atoms with E-state index in [9.17, 15) is 9.90 Å². The summed E-state index contributed by atoms with van der Waals surface area (Å²) >= 11 is 0. The highest BCUT2D eigenvalue weighted by molar-refractivity contribution is 5.95. The predicted octanol–water partition coefficient (Wildman–Crippen LogP) is 2.11. The lowest BCUT2D eigenvalue weighted by molar-refractivity contribution is 0.0663. The zero-order valence-corrected chi connectivity index (χ0v) is 11.3. The Hall–Kier alpha value is -2.67. The minimum absolute atomic E-state index is 0.0505. The van der Waals surface area contributed by atoms with Gasteiger partial charge in [0.15, 0.2) is 5.82 Å². The number of benzene rings is 1. The molecule has 0 atom stereocenters. The van der Waals surface area contributed by atoms with Crippen molar-refractivity contribution < 1.29 is 18.8 Å². The van der Waals surface area contributed by atoms with E-state index in [2.05, 4.69) is 15.5 Å². The molecule has 2 heterocycles. The monoisotopic (exact) mass is 287 g/mol. The minimum Gasteiger partial charge on any atom is -0.475 e. The molecule has 3 aromatic rings. The Morgan fingerprint density at radius 1 is 1.33 bits per heavy atom. The quantitative estimate of drug-likeness (QED) is 0.741. The largest absolute Gasteiger partial charge is 0.475 e. The molecule has 2 aromatic heterocycles. The molecule has 0 radical (unpaired) electrons. The van der Waals surface area contributed by atoms with Crippen LogP contribution in [0.25, 0.3) is 11.0 Å². The first-order valence-corrected chi connectivity index (χ1v) is 6.39. The summed E-state index contributed by atoms with van der Waals surface area (Å²) in [4.78, 5) is 15.3. The van der Waals surface area contributed by atoms with Gasteiger partial charge in [0.05, 0.1) is 6.54 Å². The van der Waals surface area contributed by atoms with E-state index in [0.29, 0.717) is 36.0 Å². The number of hydrogen-bond donors (Lipinski definition) is 2. The zero-order valence-electron chi connectivity index (χ0n) is 11.3. The maximum absolute atomic E-state index is 11.3. The van der Waals surface area contributed by atoms with E-state index >= 15 is 0 Å². The van der Waals surface area contributed by atoms with Crippen LogP contribution in [0.15, 0.2) is 33.2 Å². The first kappa shape index (κ1) is 13.3. The first-order chi connectivity index (χ1) is 10.1. The van der Waals surface area contributed by atoms with Crippen LogP contribution in [-0.2, 0) is 13.1 Å². The zero-order chi connectivity index (χ0) is 14.8. The van der Waals surface area contributed by atoms with Crippen LogP contribution in [-0.4, -0.2) is 21.2 Å². The molecular weight excluding hydrogens is 274 g/mol. The third kappa shape index (κ3) is 2.63. The van der Waals surface area contributed by atoms with Crippen LogP contribution >= 0.6 is 0 Å². The van der Waals surface area contributed by atoms with Crippen molar-refractivity contribution in [2.45, 2.75) is 20.0 Å². The third-order valence-corrected chi connectivity index (χ3v) is 3.04. The Morgan fingerprint density at radius 3 is 2.86 bits per heavy atom. The van der Waals surface area contributed by atoms with E-state index in [1.165, 1.54) is 0 Å². The normalized spacial score (nSPS) is 11.1. The highest BCUT2D eigenvalue weighted by Gasteiger charge is 2.19. The van der Waals surface area contributed by atoms with Crippen molar-refractivity contribution in [1.82, 2.24) is 15.5 Å². The van der Waals surface area contributed by atoms with Gasteiger partial charge in [0.25, 0.3) is 0 Å². The second-order valence-electron chi connectivity index (χ2n) is 4.55. The number of hydrogen-bond acceptors (Lipinski definition) is 6. The van der Waals surface area contributed by atoms with E-state index in [-0.39, 0.29) is 5.76 Å². The smallest absolute Gasteiger partial charge is 0.372 e. The summed E-state index contributed by atoms with van der Waals surface area (Å²) in [5.41, 5.74) is 1.16. The number of rotatable bonds is 5. The molecule has 3 rings (SSSR count). The maximum Gasteiger partial charge on any atom is 0.372 e. The SMILES string of the molecule is Cc1noc(CNCc2c(C(=O)O)oc3ccccc23)n1. The molecule has 108 valence electrons. The number of aromatic carboxylic acids is 1. The van der Waals surface area contributed by atoms with E-state index in [4.69, 9.17) is 8.94 Å². The number of para-hydroxylation sites is 1. The van der Waals surface area contributed by atoms with E-state index in [1.54, 1.807) is 19.1 Å². The number of carboxylic acids is 1. The summed E-state index contributed by atoms with van der Waals surface area (Å²) in [5, 5.41) is 16.8. The Bertz CT molecular complexity index is 790. The predicted molar refractivity (Wildman–Crippen MR) is 72.8 cm³/mol. The topological polar surface area (TPSA) is 101 Å². The van der Waals surface area contributed by atoms with Gasteiger partial charge in [-0.15, -0.1) is 0 Å². The number of aromatic nitrogens is 2. The van der Waals surface area contributed by atoms with Gasteiger partial charge in [-0.3, -0.25) is 0 Å². The fraction of sp³-hybridized carbons (Fsp3) is 0.214. The van der Waals surface area contributed by atoms with Gasteiger partial charge in [-0.25, -0.2) is 4.79 Å². The molecule has 0 amide bonds. The lowest BCUT2D eigenvalue weighted by Gasteiger charge is -2.01. The fourth-order valence-corrected chi connectivity index (χ4v) is 2.15. The summed E-state index contributed by atoms with van der Waals surface area (Å²) in [6.45, 7) is 2.43. The van der Waals surface area contributed by atoms with E-state index in [1.807, 2.05) is 12.1 Å². The van der Waals surface area contributed by atoms with Crippen molar-refractivity contribution in [1.29, 1.82) is 0 Å². The molecule has 0 aliphatic heterocycles. The van der Waals surface area contributed by atoms with Gasteiger partial charge in [0, 0.05) is 17.5 Å². The van der Waals surface area contributed by atoms with Gasteiger partial charge >= 0.3 is 5.97 Å². The Kier molecular flexibility index (Phi) is 3.41. The van der Waals surface area contributed by atoms with Crippen molar-refractivity contribution >= 4 is 16.9 Å². The van der Waals surface area contributed by atoms with Crippen LogP contribution in [0.4, 0.5) is 0 Å². The van der Waals surface area contributed by atoms with Crippen LogP contribution in [0, 0.1) is 6.92 Å². The van der Waals surface area contributed by atoms with Crippen LogP contribution in [0.1, 0.15) is 27.8 Å². The molecule has 7 nitrogen and oxygen atoms in total. The number of nitrogens with zero attached hydrogens (tertiary/aromatic N) is 2. The van der Waals surface area contributed by atoms with E-state index < -0.39 is 5.97 Å². The molecule has 7 heteroatoms. The van der Waals surface area contributed by atoms with Crippen LogP contribution in [0.3, 0.4) is 0 Å². The average molecular weight is 287 g/mol. The van der Waals surface area contributed by atoms with Crippen molar-refractivity contribution in [3.8, 4) is 0 Å². The van der Waals surface area contributed by atoms with Crippen LogP contribution in [0.5, 0.6) is 0 Å². The lowest BCUT2D eigenvalue weighted by Crippen LogP contribution is -2.14. The number of furan rings is 1. The molecule has 2 N–H and O–H groups in total. The number of nitrogens with one attached hydrogen (secondary N) is 1. The second-order valence-corrected chi connectivity index (χ2v) is 4.55. The van der Waals surface area contributed by atoms with Crippen LogP contribution in [0.2, 0.25) is 0 Å². The molecular formula is C14H13N3O4. The number of carbonyl (C=O) groups is 1. The van der Waals surface area contributed by atoms with Gasteiger partial charge in [0.1, 0.15) is 5.58 Å². The molecule has 0 saturated heterocycles. The van der Waals surface area contributed by atoms with Crippen molar-refractivity contribution in [3.63, 3.8) is 0 Å². The molecule has 0 aliphatic carbocycles. The Balaban J connectivity index is 1.82. The molecule has 0 fully saturated rings. The van der Waals surface area contributed by atoms with Gasteiger partial charge in [0.2, 0.25) is 11.7 Å². The number of fused-ring (bicyclic) bond motifs is 1. The molecule has 0 bridgehead atoms. The highest BCUT2D eigenvalue weighted by Crippen LogP contribution is 2.25. The average Bonchev–Trinajstić information content (AvgIpc) is 3.03. The van der Waals surface area contributed by atoms with Gasteiger partial charge in [-0.1, -0.05) is 23.4 Å². The summed E-state index contributed by atoms with van der Waals surface area (Å²) in [6, 6.07) is 7.22. The second kappa shape index (κ2) is 5.37. The van der Waals surface area contributed by atoms with Gasteiger partial charge in [-0.2, -0.15) is 4.98 Å². The highest BCUT2D eigenvalue weighted by atomic mass is 16.5. The summed E-state index contributed by atoms with van der Waals surface area (Å²) in [6.07, 6.45) is 0. The van der Waals surface area contributed by atoms with Crippen molar-refractivity contribution in [3.05, 3.63) is 47.3 Å². The standard InChI is InChI=1S/C14H13N3O4/c1-8-16-12(21-17-8)7-15-6-10-9-4-2-3-5-11(9)20-13(10)14(18)19/h2-5,15H,6-7H2,1H3,(H,18,19). The summed E-state index contributed by atoms with van der Waals surface area (Å²) < 4.78 is 10.4.